The smallest absolute Gasteiger partial charge is 0.270 e. The molecule has 0 radical (unpaired) electrons. The van der Waals surface area contributed by atoms with Gasteiger partial charge in [0.25, 0.3) is 5.91 Å². The molecule has 1 saturated carbocycles. The summed E-state index contributed by atoms with van der Waals surface area (Å²) < 4.78 is 18.2. The van der Waals surface area contributed by atoms with Crippen LogP contribution in [0.2, 0.25) is 0 Å². The zero-order valence-electron chi connectivity index (χ0n) is 32.0. The fourth-order valence-electron chi connectivity index (χ4n) is 9.13. The van der Waals surface area contributed by atoms with Crippen molar-refractivity contribution in [1.29, 1.82) is 0 Å². The number of benzene rings is 1. The first-order valence-corrected chi connectivity index (χ1v) is 20.1. The molecule has 0 bridgehead atoms. The molecule has 8 rings (SSSR count). The largest absolute Gasteiger partial charge is 0.370 e. The predicted molar refractivity (Wildman–Crippen MR) is 210 cm³/mol. The molecule has 0 spiro atoms. The van der Waals surface area contributed by atoms with Gasteiger partial charge < -0.3 is 24.6 Å². The number of alkyl halides is 1. The van der Waals surface area contributed by atoms with Gasteiger partial charge >= 0.3 is 0 Å². The molecule has 1 aromatic carbocycles. The number of anilines is 3. The van der Waals surface area contributed by atoms with E-state index in [1.807, 2.05) is 42.6 Å². The monoisotopic (exact) mass is 749 g/mol. The number of pyridine rings is 1. The normalized spacial score (nSPS) is 21.2. The van der Waals surface area contributed by atoms with E-state index < -0.39 is 5.67 Å². The number of aryl methyl sites for hydroxylation is 1. The van der Waals surface area contributed by atoms with Crippen LogP contribution in [0, 0.1) is 0 Å². The number of piperidine rings is 3. The molecule has 3 amide bonds. The molecule has 3 aromatic heterocycles. The van der Waals surface area contributed by atoms with Crippen molar-refractivity contribution in [3.8, 4) is 0 Å². The van der Waals surface area contributed by atoms with Crippen LogP contribution in [0.15, 0.2) is 54.9 Å². The van der Waals surface area contributed by atoms with Crippen LogP contribution in [-0.4, -0.2) is 99.0 Å². The van der Waals surface area contributed by atoms with Crippen LogP contribution in [0.25, 0.3) is 11.0 Å². The number of amides is 3. The van der Waals surface area contributed by atoms with Gasteiger partial charge in [0.1, 0.15) is 22.8 Å². The molecule has 3 aliphatic heterocycles. The Hall–Kier alpha value is -4.91. The molecular weight excluding hydrogens is 698 g/mol. The van der Waals surface area contributed by atoms with Gasteiger partial charge in [-0.25, -0.2) is 14.4 Å². The maximum Gasteiger partial charge on any atom is 0.270 e. The molecular formula is C42H52FN9O3. The molecule has 6 heterocycles. The van der Waals surface area contributed by atoms with Crippen molar-refractivity contribution in [2.24, 2.45) is 0 Å². The zero-order valence-corrected chi connectivity index (χ0v) is 32.0. The lowest BCUT2D eigenvalue weighted by Crippen LogP contribution is -2.50. The SMILES string of the molecule is CN(C)C(=O)c1cc2cnc(Nc3ccc(N4CCC(N5CCC(F)(CCc6cccc(C7CCC(=O)NC7=O)c6)CC5)CC4)cn3)nc2n1C1CCCC1. The van der Waals surface area contributed by atoms with Crippen molar-refractivity contribution in [1.82, 2.24) is 34.6 Å². The zero-order chi connectivity index (χ0) is 38.1. The summed E-state index contributed by atoms with van der Waals surface area (Å²) in [4.78, 5) is 57.6. The topological polar surface area (TPSA) is 129 Å². The first-order valence-electron chi connectivity index (χ1n) is 20.1. The fourth-order valence-corrected chi connectivity index (χ4v) is 9.13. The van der Waals surface area contributed by atoms with E-state index >= 15 is 4.39 Å². The van der Waals surface area contributed by atoms with Crippen LogP contribution < -0.4 is 15.5 Å². The number of nitrogens with zero attached hydrogens (tertiary/aromatic N) is 7. The molecule has 4 aliphatic rings. The molecule has 55 heavy (non-hydrogen) atoms. The van der Waals surface area contributed by atoms with Gasteiger partial charge in [0.05, 0.1) is 17.8 Å². The Morgan fingerprint density at radius 1 is 0.945 bits per heavy atom. The number of carbonyl (C=O) groups excluding carboxylic acids is 3. The number of hydrogen-bond acceptors (Lipinski definition) is 9. The highest BCUT2D eigenvalue weighted by atomic mass is 19.1. The Kier molecular flexibility index (Phi) is 10.6. The van der Waals surface area contributed by atoms with Crippen LogP contribution in [0.1, 0.15) is 104 Å². The third-order valence-electron chi connectivity index (χ3n) is 12.4. The molecule has 1 atom stereocenters. The lowest BCUT2D eigenvalue weighted by Gasteiger charge is -2.44. The first-order chi connectivity index (χ1) is 26.6. The Morgan fingerprint density at radius 2 is 1.73 bits per heavy atom. The summed E-state index contributed by atoms with van der Waals surface area (Å²) in [7, 11) is 3.56. The standard InChI is InChI=1S/C42H52FN9O3/c1-49(2)40(55)35-25-30-26-45-41(48-38(30)52(35)32-8-3-4-9-32)46-36-12-10-33(27-44-36)50-20-15-31(16-21-50)51-22-18-42(43,19-23-51)17-14-28-6-5-7-29(24-28)34-11-13-37(53)47-39(34)54/h5-7,10,12,24-27,31-32,34H,3-4,8-9,11,13-23H2,1-2H3,(H,47,53,54)(H,44,45,46,48). The Labute approximate surface area is 321 Å². The van der Waals surface area contributed by atoms with Crippen LogP contribution in [0.5, 0.6) is 0 Å². The van der Waals surface area contributed by atoms with Gasteiger partial charge in [0.2, 0.25) is 17.8 Å². The third-order valence-corrected chi connectivity index (χ3v) is 12.4. The van der Waals surface area contributed by atoms with Crippen molar-refractivity contribution in [2.75, 3.05) is 50.5 Å². The molecule has 3 saturated heterocycles. The Balaban J connectivity index is 0.821. The number of fused-ring (bicyclic) bond motifs is 1. The molecule has 2 N–H and O–H groups in total. The minimum absolute atomic E-state index is 0.0290. The molecule has 4 aromatic rings. The second-order valence-electron chi connectivity index (χ2n) is 16.2. The highest BCUT2D eigenvalue weighted by molar-refractivity contribution is 6.01. The summed E-state index contributed by atoms with van der Waals surface area (Å²) in [6.07, 6.45) is 13.2. The fraction of sp³-hybridized carbons (Fsp3) is 0.524. The highest BCUT2D eigenvalue weighted by Crippen LogP contribution is 2.36. The maximum absolute atomic E-state index is 16.0. The number of hydrogen-bond donors (Lipinski definition) is 2. The Morgan fingerprint density at radius 3 is 2.44 bits per heavy atom. The van der Waals surface area contributed by atoms with Crippen molar-refractivity contribution in [3.05, 3.63) is 71.7 Å². The van der Waals surface area contributed by atoms with Gasteiger partial charge in [0, 0.05) is 70.4 Å². The summed E-state index contributed by atoms with van der Waals surface area (Å²) in [5, 5.41) is 6.57. The minimum atomic E-state index is -1.19. The molecule has 12 nitrogen and oxygen atoms in total. The second-order valence-corrected chi connectivity index (χ2v) is 16.2. The van der Waals surface area contributed by atoms with E-state index in [0.29, 0.717) is 62.0 Å². The van der Waals surface area contributed by atoms with Crippen molar-refractivity contribution in [3.63, 3.8) is 0 Å². The molecule has 1 aliphatic carbocycles. The van der Waals surface area contributed by atoms with Gasteiger partial charge in [-0.2, -0.15) is 4.98 Å². The second kappa shape index (κ2) is 15.7. The number of aromatic nitrogens is 4. The lowest BCUT2D eigenvalue weighted by molar-refractivity contribution is -0.134. The van der Waals surface area contributed by atoms with E-state index in [0.717, 1.165) is 92.6 Å². The summed E-state index contributed by atoms with van der Waals surface area (Å²) in [5.74, 6) is 0.307. The van der Waals surface area contributed by atoms with E-state index in [1.165, 1.54) is 0 Å². The van der Waals surface area contributed by atoms with E-state index in [-0.39, 0.29) is 29.7 Å². The van der Waals surface area contributed by atoms with Crippen LogP contribution >= 0.6 is 0 Å². The average Bonchev–Trinajstić information content (AvgIpc) is 3.86. The lowest BCUT2D eigenvalue weighted by atomic mass is 9.85. The first kappa shape index (κ1) is 37.0. The van der Waals surface area contributed by atoms with Gasteiger partial charge in [-0.15, -0.1) is 0 Å². The molecule has 290 valence electrons. The average molecular weight is 750 g/mol. The predicted octanol–water partition coefficient (Wildman–Crippen LogP) is 6.31. The van der Waals surface area contributed by atoms with Crippen molar-refractivity contribution >= 4 is 46.2 Å². The number of nitrogens with one attached hydrogen (secondary N) is 2. The maximum atomic E-state index is 16.0. The number of halogens is 1. The Bertz CT molecular complexity index is 2030. The number of imide groups is 1. The van der Waals surface area contributed by atoms with Gasteiger partial charge in [0.15, 0.2) is 0 Å². The highest BCUT2D eigenvalue weighted by Gasteiger charge is 2.37. The van der Waals surface area contributed by atoms with E-state index in [4.69, 9.17) is 9.97 Å². The summed E-state index contributed by atoms with van der Waals surface area (Å²) >= 11 is 0. The van der Waals surface area contributed by atoms with Crippen LogP contribution in [0.3, 0.4) is 0 Å². The van der Waals surface area contributed by atoms with Crippen LogP contribution in [-0.2, 0) is 16.0 Å². The van der Waals surface area contributed by atoms with E-state index in [2.05, 4.69) is 36.1 Å². The molecule has 13 heteroatoms. The third kappa shape index (κ3) is 8.08. The van der Waals surface area contributed by atoms with Gasteiger partial charge in [-0.05, 0) is 87.1 Å². The summed E-state index contributed by atoms with van der Waals surface area (Å²) in [6.45, 7) is 3.38. The van der Waals surface area contributed by atoms with Crippen molar-refractivity contribution < 1.29 is 18.8 Å². The number of rotatable bonds is 10. The minimum Gasteiger partial charge on any atom is -0.370 e. The molecule has 1 unspecified atom stereocenters. The van der Waals surface area contributed by atoms with E-state index in [9.17, 15) is 14.4 Å². The van der Waals surface area contributed by atoms with Crippen molar-refractivity contribution in [2.45, 2.75) is 101 Å². The van der Waals surface area contributed by atoms with Gasteiger partial charge in [-0.1, -0.05) is 37.1 Å². The summed E-state index contributed by atoms with van der Waals surface area (Å²) in [5.41, 5.74) is 3.26. The quantitative estimate of drug-likeness (QED) is 0.179. The van der Waals surface area contributed by atoms with Gasteiger partial charge in [-0.3, -0.25) is 19.7 Å². The molecule has 4 fully saturated rings. The summed E-state index contributed by atoms with van der Waals surface area (Å²) in [6, 6.07) is 14.6. The number of likely N-dealkylation sites (tertiary alicyclic amines) is 1. The van der Waals surface area contributed by atoms with E-state index in [1.54, 1.807) is 25.2 Å². The number of carbonyl (C=O) groups is 3. The van der Waals surface area contributed by atoms with Crippen LogP contribution in [0.4, 0.5) is 21.8 Å².